The van der Waals surface area contributed by atoms with Crippen LogP contribution in [0.4, 0.5) is 0 Å². The van der Waals surface area contributed by atoms with E-state index >= 15 is 0 Å². The fourth-order valence-corrected chi connectivity index (χ4v) is 1.62. The third kappa shape index (κ3) is 4.07. The van der Waals surface area contributed by atoms with Gasteiger partial charge in [-0.15, -0.1) is 0 Å². The molecule has 0 aromatic heterocycles. The minimum Gasteiger partial charge on any atom is -0.378 e. The lowest BCUT2D eigenvalue weighted by Crippen LogP contribution is -2.44. The van der Waals surface area contributed by atoms with Crippen LogP contribution in [0, 0.1) is 5.92 Å². The van der Waals surface area contributed by atoms with E-state index in [1.807, 2.05) is 13.8 Å². The molecule has 1 rings (SSSR count). The van der Waals surface area contributed by atoms with Crippen LogP contribution in [0.2, 0.25) is 0 Å². The standard InChI is InChI=1S/C10H22N2O/c1-8-9(4-5-13-8)6-12-7-10(2,3)11/h8-9,12H,4-7,11H2,1-3H3. The zero-order chi connectivity index (χ0) is 9.90. The Morgan fingerprint density at radius 2 is 2.23 bits per heavy atom. The maximum absolute atomic E-state index is 5.86. The Morgan fingerprint density at radius 3 is 2.69 bits per heavy atom. The molecule has 0 bridgehead atoms. The van der Waals surface area contributed by atoms with Crippen LogP contribution >= 0.6 is 0 Å². The highest BCUT2D eigenvalue weighted by atomic mass is 16.5. The molecule has 0 aromatic rings. The van der Waals surface area contributed by atoms with E-state index in [0.717, 1.165) is 19.7 Å². The van der Waals surface area contributed by atoms with E-state index < -0.39 is 0 Å². The summed E-state index contributed by atoms with van der Waals surface area (Å²) in [6, 6.07) is 0. The number of rotatable bonds is 4. The van der Waals surface area contributed by atoms with Gasteiger partial charge in [-0.1, -0.05) is 0 Å². The summed E-state index contributed by atoms with van der Waals surface area (Å²) in [7, 11) is 0. The summed E-state index contributed by atoms with van der Waals surface area (Å²) in [6.07, 6.45) is 1.59. The van der Waals surface area contributed by atoms with Crippen LogP contribution in [-0.2, 0) is 4.74 Å². The van der Waals surface area contributed by atoms with E-state index in [-0.39, 0.29) is 5.54 Å². The van der Waals surface area contributed by atoms with Crippen LogP contribution in [0.3, 0.4) is 0 Å². The normalized spacial score (nSPS) is 29.5. The van der Waals surface area contributed by atoms with E-state index in [4.69, 9.17) is 10.5 Å². The van der Waals surface area contributed by atoms with Crippen LogP contribution in [0.15, 0.2) is 0 Å². The molecular weight excluding hydrogens is 164 g/mol. The molecule has 1 saturated heterocycles. The van der Waals surface area contributed by atoms with E-state index in [2.05, 4.69) is 12.2 Å². The second kappa shape index (κ2) is 4.40. The Bertz CT molecular complexity index is 153. The lowest BCUT2D eigenvalue weighted by molar-refractivity contribution is 0.105. The minimum atomic E-state index is -0.108. The average molecular weight is 186 g/mol. The van der Waals surface area contributed by atoms with E-state index in [1.54, 1.807) is 0 Å². The Morgan fingerprint density at radius 1 is 1.54 bits per heavy atom. The molecule has 3 N–H and O–H groups in total. The van der Waals surface area contributed by atoms with Crippen molar-refractivity contribution in [2.75, 3.05) is 19.7 Å². The van der Waals surface area contributed by atoms with Gasteiger partial charge in [0.05, 0.1) is 6.10 Å². The molecule has 0 spiro atoms. The molecule has 13 heavy (non-hydrogen) atoms. The molecule has 0 radical (unpaired) electrons. The number of nitrogens with one attached hydrogen (secondary N) is 1. The lowest BCUT2D eigenvalue weighted by Gasteiger charge is -2.21. The van der Waals surface area contributed by atoms with Gasteiger partial charge < -0.3 is 15.8 Å². The number of ether oxygens (including phenoxy) is 1. The van der Waals surface area contributed by atoms with Gasteiger partial charge in [0.2, 0.25) is 0 Å². The van der Waals surface area contributed by atoms with Crippen molar-refractivity contribution < 1.29 is 4.74 Å². The lowest BCUT2D eigenvalue weighted by atomic mass is 10.0. The first-order chi connectivity index (χ1) is 5.99. The smallest absolute Gasteiger partial charge is 0.0588 e. The highest BCUT2D eigenvalue weighted by molar-refractivity contribution is 4.79. The van der Waals surface area contributed by atoms with Crippen LogP contribution < -0.4 is 11.1 Å². The summed E-state index contributed by atoms with van der Waals surface area (Å²) in [5.74, 6) is 0.669. The highest BCUT2D eigenvalue weighted by Gasteiger charge is 2.24. The first kappa shape index (κ1) is 11.0. The summed E-state index contributed by atoms with van der Waals surface area (Å²) >= 11 is 0. The Labute approximate surface area is 81.0 Å². The van der Waals surface area contributed by atoms with Crippen molar-refractivity contribution in [3.8, 4) is 0 Å². The molecule has 2 atom stereocenters. The fourth-order valence-electron chi connectivity index (χ4n) is 1.62. The van der Waals surface area contributed by atoms with Gasteiger partial charge in [-0.2, -0.15) is 0 Å². The van der Waals surface area contributed by atoms with Crippen molar-refractivity contribution >= 4 is 0 Å². The van der Waals surface area contributed by atoms with Crippen molar-refractivity contribution in [1.82, 2.24) is 5.32 Å². The first-order valence-corrected chi connectivity index (χ1v) is 5.10. The quantitative estimate of drug-likeness (QED) is 0.680. The molecule has 0 saturated carbocycles. The van der Waals surface area contributed by atoms with Crippen LogP contribution in [0.25, 0.3) is 0 Å². The molecule has 1 fully saturated rings. The predicted octanol–water partition coefficient (Wildman–Crippen LogP) is 0.738. The van der Waals surface area contributed by atoms with Gasteiger partial charge in [0.1, 0.15) is 0 Å². The molecule has 1 aliphatic rings. The number of hydrogen-bond acceptors (Lipinski definition) is 3. The molecule has 3 heteroatoms. The predicted molar refractivity (Wildman–Crippen MR) is 54.7 cm³/mol. The SMILES string of the molecule is CC1OCCC1CNCC(C)(C)N. The summed E-state index contributed by atoms with van der Waals surface area (Å²) in [4.78, 5) is 0. The van der Waals surface area contributed by atoms with Gasteiger partial charge in [-0.05, 0) is 33.1 Å². The second-order valence-electron chi connectivity index (χ2n) is 4.74. The maximum atomic E-state index is 5.86. The summed E-state index contributed by atoms with van der Waals surface area (Å²) in [5.41, 5.74) is 5.75. The van der Waals surface area contributed by atoms with Gasteiger partial charge in [-0.25, -0.2) is 0 Å². The molecule has 0 amide bonds. The molecule has 78 valence electrons. The molecule has 0 aromatic carbocycles. The first-order valence-electron chi connectivity index (χ1n) is 5.10. The molecule has 2 unspecified atom stereocenters. The number of nitrogens with two attached hydrogens (primary N) is 1. The zero-order valence-electron chi connectivity index (χ0n) is 8.97. The molecule has 0 aliphatic carbocycles. The third-order valence-corrected chi connectivity index (χ3v) is 2.52. The third-order valence-electron chi connectivity index (χ3n) is 2.52. The van der Waals surface area contributed by atoms with Gasteiger partial charge in [0.15, 0.2) is 0 Å². The summed E-state index contributed by atoms with van der Waals surface area (Å²) < 4.78 is 5.48. The van der Waals surface area contributed by atoms with Crippen molar-refractivity contribution in [2.45, 2.75) is 38.8 Å². The fraction of sp³-hybridized carbons (Fsp3) is 1.00. The van der Waals surface area contributed by atoms with Gasteiger partial charge in [0, 0.05) is 25.2 Å². The van der Waals surface area contributed by atoms with Crippen molar-refractivity contribution in [3.63, 3.8) is 0 Å². The maximum Gasteiger partial charge on any atom is 0.0588 e. The minimum absolute atomic E-state index is 0.108. The van der Waals surface area contributed by atoms with Crippen molar-refractivity contribution in [2.24, 2.45) is 11.7 Å². The van der Waals surface area contributed by atoms with E-state index in [1.165, 1.54) is 6.42 Å². The van der Waals surface area contributed by atoms with Gasteiger partial charge in [-0.3, -0.25) is 0 Å². The van der Waals surface area contributed by atoms with E-state index in [0.29, 0.717) is 12.0 Å². The van der Waals surface area contributed by atoms with E-state index in [9.17, 15) is 0 Å². The largest absolute Gasteiger partial charge is 0.378 e. The molecule has 3 nitrogen and oxygen atoms in total. The molecule has 1 aliphatic heterocycles. The monoisotopic (exact) mass is 186 g/mol. The molecular formula is C10H22N2O. The van der Waals surface area contributed by atoms with Crippen LogP contribution in [-0.4, -0.2) is 31.3 Å². The topological polar surface area (TPSA) is 47.3 Å². The van der Waals surface area contributed by atoms with Crippen molar-refractivity contribution in [1.29, 1.82) is 0 Å². The summed E-state index contributed by atoms with van der Waals surface area (Å²) in [6.45, 7) is 9.04. The van der Waals surface area contributed by atoms with Crippen LogP contribution in [0.1, 0.15) is 27.2 Å². The number of hydrogen-bond donors (Lipinski definition) is 2. The Balaban J connectivity index is 2.12. The van der Waals surface area contributed by atoms with Crippen LogP contribution in [0.5, 0.6) is 0 Å². The van der Waals surface area contributed by atoms with Crippen molar-refractivity contribution in [3.05, 3.63) is 0 Å². The second-order valence-corrected chi connectivity index (χ2v) is 4.74. The molecule has 1 heterocycles. The Hall–Kier alpha value is -0.120. The summed E-state index contributed by atoms with van der Waals surface area (Å²) in [5, 5.41) is 3.39. The van der Waals surface area contributed by atoms with Gasteiger partial charge in [0.25, 0.3) is 0 Å². The Kier molecular flexibility index (Phi) is 3.71. The van der Waals surface area contributed by atoms with Gasteiger partial charge >= 0.3 is 0 Å². The highest BCUT2D eigenvalue weighted by Crippen LogP contribution is 2.19. The average Bonchev–Trinajstić information content (AvgIpc) is 2.34. The zero-order valence-corrected chi connectivity index (χ0v) is 8.97.